The molecule has 3 nitrogen and oxygen atoms in total. The van der Waals surface area contributed by atoms with Crippen molar-refractivity contribution in [2.75, 3.05) is 13.2 Å². The summed E-state index contributed by atoms with van der Waals surface area (Å²) in [5.74, 6) is 0.0353. The molecule has 0 saturated carbocycles. The lowest BCUT2D eigenvalue weighted by Crippen LogP contribution is -2.21. The first-order valence-corrected chi connectivity index (χ1v) is 5.85. The molecule has 0 aliphatic rings. The summed E-state index contributed by atoms with van der Waals surface area (Å²) in [5.41, 5.74) is 0.510. The third kappa shape index (κ3) is 5.42. The lowest BCUT2D eigenvalue weighted by molar-refractivity contribution is 0.0514. The molecule has 0 aromatic heterocycles. The minimum absolute atomic E-state index is 0.0353. The van der Waals surface area contributed by atoms with Gasteiger partial charge in [0.2, 0.25) is 0 Å². The molecule has 0 amide bonds. The molecule has 0 radical (unpaired) electrons. The van der Waals surface area contributed by atoms with Crippen LogP contribution < -0.4 is 4.74 Å². The molecular weight excluding hydrogens is 242 g/mol. The van der Waals surface area contributed by atoms with Crippen molar-refractivity contribution in [2.45, 2.75) is 33.3 Å². The Balaban J connectivity index is 0.00000137. The van der Waals surface area contributed by atoms with Crippen LogP contribution in [0.5, 0.6) is 5.75 Å². The fraction of sp³-hybridized carbons (Fsp3) is 0.538. The highest BCUT2D eigenvalue weighted by molar-refractivity contribution is 5.37. The Kier molecular flexibility index (Phi) is 8.24. The molecule has 5 heteroatoms. The quantitative estimate of drug-likeness (QED) is 0.857. The second kappa shape index (κ2) is 8.83. The van der Waals surface area contributed by atoms with E-state index in [1.165, 1.54) is 12.1 Å². The van der Waals surface area contributed by atoms with Crippen LogP contribution in [0.15, 0.2) is 18.2 Å². The van der Waals surface area contributed by atoms with Gasteiger partial charge in [0.1, 0.15) is 18.5 Å². The Morgan fingerprint density at radius 2 is 1.89 bits per heavy atom. The molecule has 104 valence electrons. The summed E-state index contributed by atoms with van der Waals surface area (Å²) in [6.07, 6.45) is -3.69. The number of aryl methyl sites for hydroxylation is 1. The Morgan fingerprint density at radius 1 is 1.28 bits per heavy atom. The largest absolute Gasteiger partial charge is 0.490 e. The van der Waals surface area contributed by atoms with Gasteiger partial charge in [-0.3, -0.25) is 0 Å². The average Bonchev–Trinajstić information content (AvgIpc) is 2.39. The third-order valence-electron chi connectivity index (χ3n) is 2.04. The second-order valence-electron chi connectivity index (χ2n) is 3.49. The fourth-order valence-corrected chi connectivity index (χ4v) is 1.21. The van der Waals surface area contributed by atoms with Gasteiger partial charge < -0.3 is 14.9 Å². The summed E-state index contributed by atoms with van der Waals surface area (Å²) in [5, 5.41) is 17.6. The molecule has 0 aliphatic carbocycles. The summed E-state index contributed by atoms with van der Waals surface area (Å²) >= 11 is 0. The van der Waals surface area contributed by atoms with E-state index in [0.29, 0.717) is 5.56 Å². The van der Waals surface area contributed by atoms with Gasteiger partial charge in [-0.05, 0) is 19.1 Å². The van der Waals surface area contributed by atoms with Gasteiger partial charge in [-0.25, -0.2) is 8.78 Å². The lowest BCUT2D eigenvalue weighted by Gasteiger charge is -2.13. The maximum Gasteiger partial charge on any atom is 0.267 e. The molecule has 0 heterocycles. The van der Waals surface area contributed by atoms with Crippen molar-refractivity contribution in [1.29, 1.82) is 0 Å². The Hall–Kier alpha value is -1.20. The zero-order chi connectivity index (χ0) is 14.1. The average molecular weight is 262 g/mol. The normalized spacial score (nSPS) is 11.8. The number of aliphatic hydroxyl groups is 2. The van der Waals surface area contributed by atoms with Gasteiger partial charge in [0.15, 0.2) is 0 Å². The minimum Gasteiger partial charge on any atom is -0.490 e. The molecule has 0 saturated heterocycles. The van der Waals surface area contributed by atoms with E-state index in [1.807, 2.05) is 13.8 Å². The van der Waals surface area contributed by atoms with Crippen molar-refractivity contribution in [3.63, 3.8) is 0 Å². The highest BCUT2D eigenvalue weighted by Crippen LogP contribution is 2.29. The fourth-order valence-electron chi connectivity index (χ4n) is 1.21. The number of rotatable bonds is 5. The number of hydrogen-bond acceptors (Lipinski definition) is 3. The van der Waals surface area contributed by atoms with E-state index in [1.54, 1.807) is 13.0 Å². The Labute approximate surface area is 106 Å². The summed E-state index contributed by atoms with van der Waals surface area (Å²) in [7, 11) is 0. The number of hydrogen-bond donors (Lipinski definition) is 2. The SMILES string of the molecule is CC.Cc1ccc(OCC(O)CO)c(C(F)F)c1. The summed E-state index contributed by atoms with van der Waals surface area (Å²) < 4.78 is 30.3. The van der Waals surface area contributed by atoms with E-state index in [9.17, 15) is 8.78 Å². The first-order chi connectivity index (χ1) is 8.54. The molecule has 0 bridgehead atoms. The molecule has 18 heavy (non-hydrogen) atoms. The molecule has 0 aliphatic heterocycles. The van der Waals surface area contributed by atoms with Crippen molar-refractivity contribution in [2.24, 2.45) is 0 Å². The van der Waals surface area contributed by atoms with E-state index in [-0.39, 0.29) is 17.9 Å². The van der Waals surface area contributed by atoms with Crippen LogP contribution in [0, 0.1) is 6.92 Å². The van der Waals surface area contributed by atoms with Crippen LogP contribution >= 0.6 is 0 Å². The van der Waals surface area contributed by atoms with Crippen LogP contribution in [-0.2, 0) is 0 Å². The van der Waals surface area contributed by atoms with Crippen molar-refractivity contribution >= 4 is 0 Å². The van der Waals surface area contributed by atoms with Gasteiger partial charge in [0, 0.05) is 0 Å². The highest BCUT2D eigenvalue weighted by atomic mass is 19.3. The number of alkyl halides is 2. The van der Waals surface area contributed by atoms with Gasteiger partial charge in [-0.2, -0.15) is 0 Å². The maximum absolute atomic E-state index is 12.6. The smallest absolute Gasteiger partial charge is 0.267 e. The lowest BCUT2D eigenvalue weighted by atomic mass is 10.1. The van der Waals surface area contributed by atoms with Crippen LogP contribution in [0.3, 0.4) is 0 Å². The van der Waals surface area contributed by atoms with Gasteiger partial charge in [-0.1, -0.05) is 25.5 Å². The molecule has 0 fully saturated rings. The number of halogens is 2. The summed E-state index contributed by atoms with van der Waals surface area (Å²) in [4.78, 5) is 0. The monoisotopic (exact) mass is 262 g/mol. The standard InChI is InChI=1S/C11H14F2O3.C2H6/c1-7-2-3-10(9(4-7)11(12)13)16-6-8(15)5-14;1-2/h2-4,8,11,14-15H,5-6H2,1H3;1-2H3. The highest BCUT2D eigenvalue weighted by Gasteiger charge is 2.15. The Morgan fingerprint density at radius 3 is 2.39 bits per heavy atom. The van der Waals surface area contributed by atoms with Crippen molar-refractivity contribution in [3.05, 3.63) is 29.3 Å². The number of benzene rings is 1. The molecular formula is C13H20F2O3. The van der Waals surface area contributed by atoms with E-state index >= 15 is 0 Å². The molecule has 1 aromatic carbocycles. The molecule has 1 atom stereocenters. The molecule has 1 unspecified atom stereocenters. The topological polar surface area (TPSA) is 49.7 Å². The second-order valence-corrected chi connectivity index (χ2v) is 3.49. The van der Waals surface area contributed by atoms with Gasteiger partial charge >= 0.3 is 0 Å². The van der Waals surface area contributed by atoms with Gasteiger partial charge in [-0.15, -0.1) is 0 Å². The zero-order valence-electron chi connectivity index (χ0n) is 10.9. The predicted octanol–water partition coefficient (Wildman–Crippen LogP) is 2.69. The van der Waals surface area contributed by atoms with E-state index in [0.717, 1.165) is 0 Å². The first-order valence-electron chi connectivity index (χ1n) is 5.85. The van der Waals surface area contributed by atoms with Crippen molar-refractivity contribution in [3.8, 4) is 5.75 Å². The molecule has 1 rings (SSSR count). The maximum atomic E-state index is 12.6. The Bertz CT molecular complexity index is 343. The summed E-state index contributed by atoms with van der Waals surface area (Å²) in [6, 6.07) is 4.42. The van der Waals surface area contributed by atoms with E-state index < -0.39 is 19.1 Å². The van der Waals surface area contributed by atoms with Crippen LogP contribution in [0.2, 0.25) is 0 Å². The van der Waals surface area contributed by atoms with Crippen LogP contribution in [0.1, 0.15) is 31.4 Å². The summed E-state index contributed by atoms with van der Waals surface area (Å²) in [6.45, 7) is 5.04. The van der Waals surface area contributed by atoms with E-state index in [2.05, 4.69) is 0 Å². The first kappa shape index (κ1) is 16.8. The van der Waals surface area contributed by atoms with Crippen molar-refractivity contribution < 1.29 is 23.7 Å². The predicted molar refractivity (Wildman–Crippen MR) is 66.1 cm³/mol. The van der Waals surface area contributed by atoms with Gasteiger partial charge in [0.05, 0.1) is 12.2 Å². The van der Waals surface area contributed by atoms with Crippen molar-refractivity contribution in [1.82, 2.24) is 0 Å². The minimum atomic E-state index is -2.62. The van der Waals surface area contributed by atoms with E-state index in [4.69, 9.17) is 14.9 Å². The van der Waals surface area contributed by atoms with Crippen LogP contribution in [-0.4, -0.2) is 29.5 Å². The number of ether oxygens (including phenoxy) is 1. The van der Waals surface area contributed by atoms with Gasteiger partial charge in [0.25, 0.3) is 6.43 Å². The molecule has 1 aromatic rings. The molecule has 0 spiro atoms. The zero-order valence-corrected chi connectivity index (χ0v) is 10.9. The third-order valence-corrected chi connectivity index (χ3v) is 2.04. The van der Waals surface area contributed by atoms with Crippen LogP contribution in [0.25, 0.3) is 0 Å². The van der Waals surface area contributed by atoms with Crippen LogP contribution in [0.4, 0.5) is 8.78 Å². The molecule has 2 N–H and O–H groups in total. The number of aliphatic hydroxyl groups excluding tert-OH is 2.